The van der Waals surface area contributed by atoms with Gasteiger partial charge in [-0.3, -0.25) is 4.31 Å². The Morgan fingerprint density at radius 3 is 2.33 bits per heavy atom. The smallest absolute Gasteiger partial charge is 0.0949 e. The second-order valence-corrected chi connectivity index (χ2v) is 7.88. The Bertz CT molecular complexity index is 887. The molecule has 1 unspecified atom stereocenters. The second-order valence-electron chi connectivity index (χ2n) is 5.40. The maximum absolute atomic E-state index is 6.68. The molecule has 0 N–H and O–H groups in total. The third kappa shape index (κ3) is 2.90. The van der Waals surface area contributed by atoms with E-state index in [1.165, 1.54) is 4.90 Å². The van der Waals surface area contributed by atoms with Gasteiger partial charge in [0.25, 0.3) is 0 Å². The summed E-state index contributed by atoms with van der Waals surface area (Å²) in [5.41, 5.74) is 2.31. The number of halogens is 1. The van der Waals surface area contributed by atoms with Crippen molar-refractivity contribution in [3.05, 3.63) is 91.2 Å². The van der Waals surface area contributed by atoms with Crippen molar-refractivity contribution in [3.63, 3.8) is 0 Å². The predicted molar refractivity (Wildman–Crippen MR) is 102 cm³/mol. The molecule has 2 heterocycles. The maximum Gasteiger partial charge on any atom is 0.0949 e. The average Bonchev–Trinajstić information content (AvgIpc) is 3.24. The quantitative estimate of drug-likeness (QED) is 0.491. The molecule has 3 nitrogen and oxygen atoms in total. The molecule has 1 aliphatic heterocycles. The predicted octanol–water partition coefficient (Wildman–Crippen LogP) is 4.90. The molecule has 5 heteroatoms. The summed E-state index contributed by atoms with van der Waals surface area (Å²) >= 11 is 6.68. The lowest BCUT2D eigenvalue weighted by molar-refractivity contribution is 0.777. The Labute approximate surface area is 148 Å². The summed E-state index contributed by atoms with van der Waals surface area (Å²) in [4.78, 5) is 5.35. The first-order valence-corrected chi connectivity index (χ1v) is 9.22. The van der Waals surface area contributed by atoms with Gasteiger partial charge < -0.3 is 4.57 Å². The Morgan fingerprint density at radius 2 is 1.67 bits per heavy atom. The number of hydrogen-bond acceptors (Lipinski definition) is 2. The van der Waals surface area contributed by atoms with Crippen LogP contribution in [0.25, 0.3) is 0 Å². The van der Waals surface area contributed by atoms with Gasteiger partial charge in [-0.2, -0.15) is 0 Å². The van der Waals surface area contributed by atoms with E-state index in [1.54, 1.807) is 6.20 Å². The van der Waals surface area contributed by atoms with E-state index >= 15 is 0 Å². The van der Waals surface area contributed by atoms with Crippen LogP contribution in [-0.4, -0.2) is 13.9 Å². The number of imidazole rings is 1. The topological polar surface area (TPSA) is 21.1 Å². The highest BCUT2D eigenvalue weighted by atomic mass is 35.5. The van der Waals surface area contributed by atoms with Crippen molar-refractivity contribution in [1.29, 1.82) is 0 Å². The molecule has 0 bridgehead atoms. The SMILES string of the molecule is ClC1=S(c2ccccc2)N(c2ccccc2)C(Cn2ccnc2)=C1. The maximum atomic E-state index is 6.68. The normalized spacial score (nSPS) is 17.2. The highest BCUT2D eigenvalue weighted by molar-refractivity contribution is 8.19. The van der Waals surface area contributed by atoms with Gasteiger partial charge in [0, 0.05) is 17.3 Å². The van der Waals surface area contributed by atoms with Crippen LogP contribution >= 0.6 is 22.3 Å². The summed E-state index contributed by atoms with van der Waals surface area (Å²) in [5, 5.41) is 0. The molecule has 0 aliphatic carbocycles. The van der Waals surface area contributed by atoms with E-state index in [0.717, 1.165) is 22.3 Å². The molecule has 1 aliphatic rings. The van der Waals surface area contributed by atoms with Crippen LogP contribution in [0.5, 0.6) is 0 Å². The Morgan fingerprint density at radius 1 is 0.958 bits per heavy atom. The van der Waals surface area contributed by atoms with Crippen molar-refractivity contribution in [2.45, 2.75) is 11.4 Å². The van der Waals surface area contributed by atoms with Crippen LogP contribution in [0.1, 0.15) is 0 Å². The zero-order valence-electron chi connectivity index (χ0n) is 12.9. The molecule has 0 saturated carbocycles. The Hall–Kier alpha value is -2.30. The lowest BCUT2D eigenvalue weighted by Gasteiger charge is -2.27. The molecule has 24 heavy (non-hydrogen) atoms. The zero-order valence-corrected chi connectivity index (χ0v) is 14.5. The monoisotopic (exact) mass is 353 g/mol. The molecule has 2 aromatic carbocycles. The van der Waals surface area contributed by atoms with Crippen molar-refractivity contribution in [3.8, 4) is 0 Å². The van der Waals surface area contributed by atoms with Crippen LogP contribution in [0.4, 0.5) is 5.69 Å². The Balaban J connectivity index is 1.78. The van der Waals surface area contributed by atoms with Gasteiger partial charge in [-0.25, -0.2) is 4.98 Å². The number of nitrogens with zero attached hydrogens (tertiary/aromatic N) is 3. The van der Waals surface area contributed by atoms with Crippen LogP contribution < -0.4 is 4.31 Å². The van der Waals surface area contributed by atoms with Crippen molar-refractivity contribution in [2.24, 2.45) is 0 Å². The summed E-state index contributed by atoms with van der Waals surface area (Å²) < 4.78 is 5.25. The van der Waals surface area contributed by atoms with E-state index in [9.17, 15) is 0 Å². The lowest BCUT2D eigenvalue weighted by atomic mass is 10.3. The molecule has 0 fully saturated rings. The number of aromatic nitrogens is 2. The third-order valence-corrected chi connectivity index (χ3v) is 6.33. The number of para-hydroxylation sites is 1. The van der Waals surface area contributed by atoms with Crippen molar-refractivity contribution < 1.29 is 0 Å². The molecule has 3 aromatic rings. The van der Waals surface area contributed by atoms with Crippen molar-refractivity contribution in [1.82, 2.24) is 9.55 Å². The minimum absolute atomic E-state index is 0.327. The molecule has 0 radical (unpaired) electrons. The molecule has 1 atom stereocenters. The number of allylic oxidation sites excluding steroid dienone is 2. The molecule has 4 rings (SSSR count). The summed E-state index contributed by atoms with van der Waals surface area (Å²) in [5.74, 6) is 0. The van der Waals surface area contributed by atoms with Gasteiger partial charge in [-0.05, 0) is 41.0 Å². The number of hydrogen-bond donors (Lipinski definition) is 0. The molecular formula is C19H16ClN3S. The molecule has 120 valence electrons. The molecular weight excluding hydrogens is 338 g/mol. The summed E-state index contributed by atoms with van der Waals surface area (Å²) in [6.45, 7) is 0.738. The van der Waals surface area contributed by atoms with Crippen LogP contribution in [0.3, 0.4) is 0 Å². The van der Waals surface area contributed by atoms with Crippen molar-refractivity contribution >= 4 is 32.3 Å². The van der Waals surface area contributed by atoms with Crippen LogP contribution in [0.15, 0.2) is 96.1 Å². The number of rotatable bonds is 4. The van der Waals surface area contributed by atoms with Gasteiger partial charge >= 0.3 is 0 Å². The van der Waals surface area contributed by atoms with Crippen molar-refractivity contribution in [2.75, 3.05) is 4.31 Å². The minimum Gasteiger partial charge on any atom is -0.332 e. The molecule has 0 amide bonds. The van der Waals surface area contributed by atoms with Gasteiger partial charge in [0.1, 0.15) is 0 Å². The fourth-order valence-electron chi connectivity index (χ4n) is 2.73. The first-order valence-electron chi connectivity index (χ1n) is 7.66. The van der Waals surface area contributed by atoms with Crippen LogP contribution in [0, 0.1) is 0 Å². The Kier molecular flexibility index (Phi) is 4.24. The molecule has 1 aromatic heterocycles. The second kappa shape index (κ2) is 6.67. The van der Waals surface area contributed by atoms with Crippen LogP contribution in [0.2, 0.25) is 0 Å². The summed E-state index contributed by atoms with van der Waals surface area (Å²) in [7, 11) is -0.327. The lowest BCUT2D eigenvalue weighted by Crippen LogP contribution is -2.17. The molecule has 0 saturated heterocycles. The van der Waals surface area contributed by atoms with E-state index in [1.807, 2.05) is 24.7 Å². The first-order chi connectivity index (χ1) is 11.8. The standard InChI is InChI=1S/C19H16ClN3S/c20-19-13-17(14-22-12-11-21-15-22)23(16-7-3-1-4-8-16)24(19)18-9-5-2-6-10-18/h1-13,15H,14H2. The third-order valence-electron chi connectivity index (χ3n) is 3.77. The first kappa shape index (κ1) is 15.2. The fraction of sp³-hybridized carbons (Fsp3) is 0.0526. The highest BCUT2D eigenvalue weighted by Crippen LogP contribution is 2.44. The van der Waals surface area contributed by atoms with E-state index in [2.05, 4.69) is 68.5 Å². The van der Waals surface area contributed by atoms with Gasteiger partial charge in [0.05, 0.1) is 28.6 Å². The van der Waals surface area contributed by atoms with E-state index in [0.29, 0.717) is 0 Å². The fourth-order valence-corrected chi connectivity index (χ4v) is 5.28. The van der Waals surface area contributed by atoms with Gasteiger partial charge in [-0.1, -0.05) is 48.0 Å². The molecule has 0 spiro atoms. The number of benzene rings is 2. The minimum atomic E-state index is -0.327. The van der Waals surface area contributed by atoms with E-state index in [4.69, 9.17) is 11.6 Å². The largest absolute Gasteiger partial charge is 0.332 e. The highest BCUT2D eigenvalue weighted by Gasteiger charge is 2.25. The average molecular weight is 354 g/mol. The van der Waals surface area contributed by atoms with Crippen LogP contribution in [-0.2, 0) is 6.54 Å². The van der Waals surface area contributed by atoms with Gasteiger partial charge in [0.2, 0.25) is 0 Å². The van der Waals surface area contributed by atoms with Gasteiger partial charge in [-0.15, -0.1) is 0 Å². The summed E-state index contributed by atoms with van der Waals surface area (Å²) in [6.07, 6.45) is 7.68. The zero-order chi connectivity index (χ0) is 16.4. The van der Waals surface area contributed by atoms with E-state index in [-0.39, 0.29) is 10.7 Å². The summed E-state index contributed by atoms with van der Waals surface area (Å²) in [6, 6.07) is 20.8. The number of anilines is 1. The van der Waals surface area contributed by atoms with E-state index < -0.39 is 0 Å². The van der Waals surface area contributed by atoms with Gasteiger partial charge in [0.15, 0.2) is 0 Å².